The Bertz CT molecular complexity index is 4640. The molecule has 10 heteroatoms. The van der Waals surface area contributed by atoms with Crippen LogP contribution >= 0.6 is 0 Å². The number of aromatic nitrogens is 4. The van der Waals surface area contributed by atoms with Gasteiger partial charge < -0.3 is 38.5 Å². The standard InChI is InChI=1S/C73H56N10/c1-76-56-32-10-16-38-62(56)81(63-39-17-11-33-57(63)76)68-46-51(47-24-22-26-49(44-47)72-74-52-28-6-8-30-54(52)79(72)4)69(48-25-23-27-50(45-48)73-75-53-29-7-9-31-55(53)80(73)5)71(83-66-42-20-14-36-60(66)78(3)61-37-15-21-43-67(61)83)70(68)82-64-40-18-12-34-58(64)77(2)59-35-13-19-41-65(59)82/h6-46H,1-5H3. The number of aryl methyl sites for hydroxylation is 2. The Morgan fingerprint density at radius 2 is 0.566 bits per heavy atom. The van der Waals surface area contributed by atoms with Gasteiger partial charge in [0.1, 0.15) is 11.6 Å². The van der Waals surface area contributed by atoms with E-state index in [4.69, 9.17) is 9.97 Å². The van der Waals surface area contributed by atoms with Gasteiger partial charge in [0.25, 0.3) is 0 Å². The summed E-state index contributed by atoms with van der Waals surface area (Å²) >= 11 is 0. The fourth-order valence-corrected chi connectivity index (χ4v) is 13.4. The molecule has 13 aromatic rings. The van der Waals surface area contributed by atoms with Crippen molar-refractivity contribution in [3.63, 3.8) is 0 Å². The second-order valence-corrected chi connectivity index (χ2v) is 21.8. The van der Waals surface area contributed by atoms with E-state index < -0.39 is 0 Å². The summed E-state index contributed by atoms with van der Waals surface area (Å²) in [5.41, 5.74) is 26.1. The minimum absolute atomic E-state index is 0.889. The van der Waals surface area contributed by atoms with Crippen molar-refractivity contribution in [2.75, 3.05) is 50.5 Å². The minimum atomic E-state index is 0.889. The first kappa shape index (κ1) is 48.1. The summed E-state index contributed by atoms with van der Waals surface area (Å²) in [6, 6.07) is 90.6. The van der Waals surface area contributed by atoms with E-state index in [1.165, 1.54) is 0 Å². The zero-order chi connectivity index (χ0) is 55.6. The lowest BCUT2D eigenvalue weighted by molar-refractivity contribution is 0.959. The Morgan fingerprint density at radius 3 is 0.964 bits per heavy atom. The van der Waals surface area contributed by atoms with E-state index in [0.717, 1.165) is 152 Å². The summed E-state index contributed by atoms with van der Waals surface area (Å²) < 4.78 is 4.44. The molecule has 0 N–H and O–H groups in total. The van der Waals surface area contributed by atoms with Crippen molar-refractivity contribution in [1.29, 1.82) is 0 Å². The van der Waals surface area contributed by atoms with Crippen LogP contribution in [0.25, 0.3) is 67.1 Å². The van der Waals surface area contributed by atoms with E-state index in [2.05, 4.69) is 322 Å². The molecule has 3 aliphatic heterocycles. The van der Waals surface area contributed by atoms with Crippen molar-refractivity contribution in [1.82, 2.24) is 19.1 Å². The van der Waals surface area contributed by atoms with E-state index in [-0.39, 0.29) is 0 Å². The van der Waals surface area contributed by atoms with Gasteiger partial charge in [-0.25, -0.2) is 9.97 Å². The van der Waals surface area contributed by atoms with Gasteiger partial charge in [-0.15, -0.1) is 0 Å². The number of fused-ring (bicyclic) bond motifs is 8. The Labute approximate surface area is 482 Å². The van der Waals surface area contributed by atoms with E-state index >= 15 is 0 Å². The summed E-state index contributed by atoms with van der Waals surface area (Å²) in [6.45, 7) is 0. The van der Waals surface area contributed by atoms with Gasteiger partial charge in [-0.3, -0.25) is 0 Å². The maximum absolute atomic E-state index is 5.34. The normalized spacial score (nSPS) is 13.2. The van der Waals surface area contributed by atoms with Gasteiger partial charge in [0.05, 0.1) is 107 Å². The average molecular weight is 1070 g/mol. The molecule has 11 aromatic carbocycles. The molecule has 0 aliphatic carbocycles. The summed E-state index contributed by atoms with van der Waals surface area (Å²) in [5.74, 6) is 1.78. The van der Waals surface area contributed by atoms with Crippen LogP contribution in [0.4, 0.5) is 85.3 Å². The first-order valence-corrected chi connectivity index (χ1v) is 28.2. The molecule has 5 heterocycles. The van der Waals surface area contributed by atoms with Crippen LogP contribution in [-0.2, 0) is 14.1 Å². The first-order valence-electron chi connectivity index (χ1n) is 28.2. The fraction of sp³-hybridized carbons (Fsp3) is 0.0685. The van der Waals surface area contributed by atoms with Crippen LogP contribution in [0.5, 0.6) is 0 Å². The van der Waals surface area contributed by atoms with E-state index in [0.29, 0.717) is 0 Å². The molecule has 0 saturated heterocycles. The summed E-state index contributed by atoms with van der Waals surface area (Å²) in [6.07, 6.45) is 0. The molecule has 0 spiro atoms. The molecule has 0 fully saturated rings. The molecule has 2 aromatic heterocycles. The molecule has 398 valence electrons. The first-order chi connectivity index (χ1) is 40.8. The second-order valence-electron chi connectivity index (χ2n) is 21.8. The van der Waals surface area contributed by atoms with Crippen LogP contribution in [0.3, 0.4) is 0 Å². The summed E-state index contributed by atoms with van der Waals surface area (Å²) in [5, 5.41) is 0. The number of rotatable bonds is 7. The van der Waals surface area contributed by atoms with Gasteiger partial charge in [0.2, 0.25) is 0 Å². The van der Waals surface area contributed by atoms with Gasteiger partial charge in [0.15, 0.2) is 0 Å². The lowest BCUT2D eigenvalue weighted by Crippen LogP contribution is -2.30. The molecule has 83 heavy (non-hydrogen) atoms. The van der Waals surface area contributed by atoms with E-state index in [9.17, 15) is 0 Å². The molecular weight excluding hydrogens is 1020 g/mol. The fourth-order valence-electron chi connectivity index (χ4n) is 13.4. The maximum Gasteiger partial charge on any atom is 0.140 e. The highest BCUT2D eigenvalue weighted by atomic mass is 15.3. The third kappa shape index (κ3) is 7.22. The molecule has 0 saturated carbocycles. The lowest BCUT2D eigenvalue weighted by atomic mass is 9.87. The molecule has 16 rings (SSSR count). The largest absolute Gasteiger partial charge is 0.341 e. The number of hydrogen-bond donors (Lipinski definition) is 0. The highest BCUT2D eigenvalue weighted by Crippen LogP contribution is 2.65. The average Bonchev–Trinajstić information content (AvgIpc) is 2.13. The van der Waals surface area contributed by atoms with Crippen LogP contribution in [0.1, 0.15) is 0 Å². The van der Waals surface area contributed by atoms with Crippen LogP contribution in [0.2, 0.25) is 0 Å². The zero-order valence-corrected chi connectivity index (χ0v) is 46.6. The number of hydrogen-bond acceptors (Lipinski definition) is 8. The van der Waals surface area contributed by atoms with E-state index in [1.807, 2.05) is 0 Å². The van der Waals surface area contributed by atoms with Crippen LogP contribution in [0, 0.1) is 0 Å². The molecule has 0 amide bonds. The van der Waals surface area contributed by atoms with Crippen molar-refractivity contribution in [2.24, 2.45) is 14.1 Å². The van der Waals surface area contributed by atoms with Gasteiger partial charge in [-0.05, 0) is 132 Å². The van der Waals surface area contributed by atoms with Gasteiger partial charge in [0, 0.05) is 51.9 Å². The topological polar surface area (TPSA) is 55.1 Å². The quantitative estimate of drug-likeness (QED) is 0.156. The van der Waals surface area contributed by atoms with Crippen molar-refractivity contribution in [3.8, 4) is 45.0 Å². The van der Waals surface area contributed by atoms with Gasteiger partial charge in [-0.1, -0.05) is 133 Å². The van der Waals surface area contributed by atoms with Crippen molar-refractivity contribution >= 4 is 107 Å². The number of benzene rings is 11. The maximum atomic E-state index is 5.34. The SMILES string of the molecule is CN1c2ccccc2N(c2cc(-c3cccc(-c4nc5ccccc5n4C)c3)c(-c3cccc(-c4nc5ccccc5n4C)c3)c(N3c4ccccc4N(C)c4ccccc43)c2N2c3ccccc3N(C)c3ccccc32)c2ccccc21. The molecule has 10 nitrogen and oxygen atoms in total. The van der Waals surface area contributed by atoms with Crippen LogP contribution in [0.15, 0.2) is 249 Å². The van der Waals surface area contributed by atoms with Gasteiger partial charge >= 0.3 is 0 Å². The highest BCUT2D eigenvalue weighted by Gasteiger charge is 2.41. The van der Waals surface area contributed by atoms with E-state index in [1.54, 1.807) is 0 Å². The Kier molecular flexibility index (Phi) is 10.8. The lowest BCUT2D eigenvalue weighted by Gasteiger charge is -2.46. The number of nitrogens with zero attached hydrogens (tertiary/aromatic N) is 10. The second kappa shape index (κ2) is 18.6. The monoisotopic (exact) mass is 1070 g/mol. The Morgan fingerprint density at radius 1 is 0.253 bits per heavy atom. The Balaban J connectivity index is 1.13. The zero-order valence-electron chi connectivity index (χ0n) is 46.6. The molecular formula is C73H56N10. The van der Waals surface area contributed by atoms with Gasteiger partial charge in [-0.2, -0.15) is 0 Å². The molecule has 0 bridgehead atoms. The van der Waals surface area contributed by atoms with Crippen molar-refractivity contribution in [3.05, 3.63) is 249 Å². The predicted molar refractivity (Wildman–Crippen MR) is 345 cm³/mol. The predicted octanol–water partition coefficient (Wildman–Crippen LogP) is 18.8. The summed E-state index contributed by atoms with van der Waals surface area (Å²) in [4.78, 5) is 25.3. The van der Waals surface area contributed by atoms with Crippen molar-refractivity contribution < 1.29 is 0 Å². The number of anilines is 15. The minimum Gasteiger partial charge on any atom is -0.341 e. The summed E-state index contributed by atoms with van der Waals surface area (Å²) in [7, 11) is 10.8. The highest BCUT2D eigenvalue weighted by molar-refractivity contribution is 6.17. The molecule has 0 unspecified atom stereocenters. The number of para-hydroxylation sites is 16. The smallest absolute Gasteiger partial charge is 0.140 e. The molecule has 3 aliphatic rings. The van der Waals surface area contributed by atoms with Crippen molar-refractivity contribution in [2.45, 2.75) is 0 Å². The third-order valence-electron chi connectivity index (χ3n) is 17.3. The van der Waals surface area contributed by atoms with Crippen LogP contribution in [-0.4, -0.2) is 40.2 Å². The third-order valence-corrected chi connectivity index (χ3v) is 17.3. The molecule has 0 radical (unpaired) electrons. The number of imidazole rings is 2. The molecule has 0 atom stereocenters. The Hall–Kier alpha value is -10.8. The van der Waals surface area contributed by atoms with Crippen LogP contribution < -0.4 is 29.4 Å².